The van der Waals surface area contributed by atoms with Crippen LogP contribution < -0.4 is 0 Å². The van der Waals surface area contributed by atoms with E-state index in [2.05, 4.69) is 40.0 Å². The average Bonchev–Trinajstić information content (AvgIpc) is 2.98. The van der Waals surface area contributed by atoms with Gasteiger partial charge in [-0.15, -0.1) is 11.8 Å². The van der Waals surface area contributed by atoms with Crippen molar-refractivity contribution in [2.45, 2.75) is 18.1 Å². The van der Waals surface area contributed by atoms with E-state index >= 15 is 0 Å². The minimum absolute atomic E-state index is 0.0344. The number of allylic oxidation sites excluding steroid dienone is 4. The van der Waals surface area contributed by atoms with Crippen LogP contribution >= 0.6 is 11.8 Å². The summed E-state index contributed by atoms with van der Waals surface area (Å²) in [7, 11) is 3.76. The molecule has 3 rings (SSSR count). The molecule has 1 saturated heterocycles. The molecule has 0 aromatic rings. The third kappa shape index (κ3) is 4.90. The molecule has 3 aliphatic heterocycles. The average molecular weight is 364 g/mol. The van der Waals surface area contributed by atoms with Crippen molar-refractivity contribution in [1.29, 1.82) is 0 Å². The van der Waals surface area contributed by atoms with Gasteiger partial charge in [0.05, 0.1) is 12.4 Å². The number of piperazine rings is 1. The zero-order valence-electron chi connectivity index (χ0n) is 15.3. The topological polar surface area (TPSA) is 36.0 Å². The first-order valence-electron chi connectivity index (χ1n) is 9.13. The first-order valence-corrected chi connectivity index (χ1v) is 10.1. The van der Waals surface area contributed by atoms with E-state index in [0.717, 1.165) is 26.1 Å². The Hall–Kier alpha value is -1.24. The lowest BCUT2D eigenvalue weighted by Gasteiger charge is -2.34. The molecule has 0 aromatic carbocycles. The number of ketones is 1. The number of rotatable bonds is 7. The van der Waals surface area contributed by atoms with Crippen LogP contribution in [0, 0.1) is 0 Å². The Labute approximate surface area is 155 Å². The summed E-state index contributed by atoms with van der Waals surface area (Å²) in [5.41, 5.74) is 1.28. The Morgan fingerprint density at radius 3 is 2.76 bits per heavy atom. The molecule has 0 amide bonds. The maximum atomic E-state index is 12.3. The summed E-state index contributed by atoms with van der Waals surface area (Å²) >= 11 is 1.58. The van der Waals surface area contributed by atoms with Crippen molar-refractivity contribution in [2.75, 3.05) is 60.0 Å². The van der Waals surface area contributed by atoms with E-state index in [1.165, 1.54) is 38.3 Å². The van der Waals surface area contributed by atoms with Gasteiger partial charge >= 0.3 is 0 Å². The fourth-order valence-corrected chi connectivity index (χ4v) is 4.49. The normalized spacial score (nSPS) is 25.3. The van der Waals surface area contributed by atoms with E-state index in [1.54, 1.807) is 18.9 Å². The summed E-state index contributed by atoms with van der Waals surface area (Å²) < 4.78 is 5.14. The number of carbonyl (C=O) groups is 1. The summed E-state index contributed by atoms with van der Waals surface area (Å²) in [6, 6.07) is 0. The minimum Gasteiger partial charge on any atom is -0.492 e. The maximum absolute atomic E-state index is 12.3. The Bertz CT molecular complexity index is 565. The number of hydrogen-bond acceptors (Lipinski definition) is 6. The number of Topliss-reactive ketones (excluding diaryl/α,β-unsaturated/α-hetero) is 1. The van der Waals surface area contributed by atoms with Crippen molar-refractivity contribution in [3.05, 3.63) is 35.1 Å². The van der Waals surface area contributed by atoms with Crippen LogP contribution in [0.25, 0.3) is 0 Å². The summed E-state index contributed by atoms with van der Waals surface area (Å²) in [4.78, 5) is 19.7. The molecule has 0 radical (unpaired) electrons. The number of carbonyl (C=O) groups excluding carboxylic acids is 1. The monoisotopic (exact) mass is 363 g/mol. The van der Waals surface area contributed by atoms with Crippen molar-refractivity contribution < 1.29 is 9.53 Å². The zero-order valence-corrected chi connectivity index (χ0v) is 16.1. The van der Waals surface area contributed by atoms with Crippen LogP contribution in [0.3, 0.4) is 0 Å². The van der Waals surface area contributed by atoms with Gasteiger partial charge in [0.15, 0.2) is 5.76 Å². The lowest BCUT2D eigenvalue weighted by molar-refractivity contribution is -0.117. The summed E-state index contributed by atoms with van der Waals surface area (Å²) in [6.07, 6.45) is 8.43. The SMILES string of the molecule is COC1=CSC(CC2=CC=CCN2CCCN2CCN(C)CC2)C1=O. The summed E-state index contributed by atoms with van der Waals surface area (Å²) in [5.74, 6) is 0.629. The van der Waals surface area contributed by atoms with E-state index in [9.17, 15) is 4.79 Å². The molecule has 0 aromatic heterocycles. The Balaban J connectivity index is 1.45. The van der Waals surface area contributed by atoms with Crippen molar-refractivity contribution in [3.8, 4) is 0 Å². The molecule has 0 N–H and O–H groups in total. The predicted octanol–water partition coefficient (Wildman–Crippen LogP) is 1.94. The van der Waals surface area contributed by atoms with Gasteiger partial charge in [-0.2, -0.15) is 0 Å². The molecule has 3 heterocycles. The van der Waals surface area contributed by atoms with Gasteiger partial charge in [0.1, 0.15) is 0 Å². The molecule has 3 aliphatic rings. The van der Waals surface area contributed by atoms with E-state index in [-0.39, 0.29) is 11.0 Å². The second-order valence-electron chi connectivity index (χ2n) is 6.91. The smallest absolute Gasteiger partial charge is 0.211 e. The predicted molar refractivity (Wildman–Crippen MR) is 103 cm³/mol. The van der Waals surface area contributed by atoms with Crippen LogP contribution in [-0.4, -0.2) is 85.7 Å². The number of ether oxygens (including phenoxy) is 1. The first-order chi connectivity index (χ1) is 12.2. The second kappa shape index (κ2) is 8.92. The molecule has 6 heteroatoms. The van der Waals surface area contributed by atoms with Gasteiger partial charge in [-0.05, 0) is 26.1 Å². The zero-order chi connectivity index (χ0) is 17.6. The highest BCUT2D eigenvalue weighted by molar-refractivity contribution is 8.04. The number of likely N-dealkylation sites (N-methyl/N-ethyl adjacent to an activating group) is 1. The number of methoxy groups -OCH3 is 1. The Kier molecular flexibility index (Phi) is 6.62. The highest BCUT2D eigenvalue weighted by Gasteiger charge is 2.31. The number of thioether (sulfide) groups is 1. The van der Waals surface area contributed by atoms with Crippen LogP contribution in [0.2, 0.25) is 0 Å². The fraction of sp³-hybridized carbons (Fsp3) is 0.632. The molecule has 138 valence electrons. The van der Waals surface area contributed by atoms with Crippen LogP contribution in [-0.2, 0) is 9.53 Å². The van der Waals surface area contributed by atoms with Crippen LogP contribution in [0.5, 0.6) is 0 Å². The number of nitrogens with zero attached hydrogens (tertiary/aromatic N) is 3. The molecule has 0 spiro atoms. The quantitative estimate of drug-likeness (QED) is 0.688. The summed E-state index contributed by atoms with van der Waals surface area (Å²) in [5, 5.41) is 1.82. The third-order valence-electron chi connectivity index (χ3n) is 5.14. The lowest BCUT2D eigenvalue weighted by atomic mass is 10.1. The van der Waals surface area contributed by atoms with Crippen molar-refractivity contribution in [1.82, 2.24) is 14.7 Å². The van der Waals surface area contributed by atoms with Gasteiger partial charge in [-0.25, -0.2) is 0 Å². The molecule has 1 fully saturated rings. The minimum atomic E-state index is -0.0344. The standard InChI is InChI=1S/C19H29N3O2S/c1-20-10-12-21(13-11-20)7-5-9-22-8-4-3-6-16(22)14-18-19(23)17(24-2)15-25-18/h3-4,6,15,18H,5,7-14H2,1-2H3. The fourth-order valence-electron chi connectivity index (χ4n) is 3.48. The lowest BCUT2D eigenvalue weighted by Crippen LogP contribution is -2.45. The van der Waals surface area contributed by atoms with Gasteiger partial charge in [0, 0.05) is 56.8 Å². The third-order valence-corrected chi connectivity index (χ3v) is 6.20. The molecule has 0 bridgehead atoms. The van der Waals surface area contributed by atoms with Crippen LogP contribution in [0.1, 0.15) is 12.8 Å². The molecule has 1 atom stereocenters. The summed E-state index contributed by atoms with van der Waals surface area (Å²) in [6.45, 7) is 7.87. The first kappa shape index (κ1) is 18.5. The molecule has 0 aliphatic carbocycles. The van der Waals surface area contributed by atoms with Gasteiger partial charge in [0.25, 0.3) is 0 Å². The Morgan fingerprint density at radius 2 is 2.04 bits per heavy atom. The molecule has 0 saturated carbocycles. The molecular weight excluding hydrogens is 334 g/mol. The van der Waals surface area contributed by atoms with E-state index in [0.29, 0.717) is 5.76 Å². The van der Waals surface area contributed by atoms with Crippen molar-refractivity contribution >= 4 is 17.5 Å². The largest absolute Gasteiger partial charge is 0.492 e. The molecule has 25 heavy (non-hydrogen) atoms. The van der Waals surface area contributed by atoms with E-state index < -0.39 is 0 Å². The van der Waals surface area contributed by atoms with Gasteiger partial charge in [0.2, 0.25) is 5.78 Å². The van der Waals surface area contributed by atoms with Crippen molar-refractivity contribution in [3.63, 3.8) is 0 Å². The second-order valence-corrected chi connectivity index (χ2v) is 7.99. The van der Waals surface area contributed by atoms with Gasteiger partial charge in [-0.3, -0.25) is 4.79 Å². The highest BCUT2D eigenvalue weighted by Crippen LogP contribution is 2.33. The molecular formula is C19H29N3O2S. The van der Waals surface area contributed by atoms with Gasteiger partial charge in [-0.1, -0.05) is 12.2 Å². The van der Waals surface area contributed by atoms with Crippen LogP contribution in [0.15, 0.2) is 35.1 Å². The van der Waals surface area contributed by atoms with E-state index in [4.69, 9.17) is 4.74 Å². The van der Waals surface area contributed by atoms with Crippen molar-refractivity contribution in [2.24, 2.45) is 0 Å². The van der Waals surface area contributed by atoms with Gasteiger partial charge < -0.3 is 19.4 Å². The molecule has 5 nitrogen and oxygen atoms in total. The van der Waals surface area contributed by atoms with E-state index in [1.807, 2.05) is 5.41 Å². The maximum Gasteiger partial charge on any atom is 0.211 e. The number of hydrogen-bond donors (Lipinski definition) is 0. The van der Waals surface area contributed by atoms with Crippen LogP contribution in [0.4, 0.5) is 0 Å². The Morgan fingerprint density at radius 1 is 1.24 bits per heavy atom. The highest BCUT2D eigenvalue weighted by atomic mass is 32.2. The molecule has 1 unspecified atom stereocenters.